The van der Waals surface area contributed by atoms with Crippen molar-refractivity contribution in [2.45, 2.75) is 57.5 Å². The first-order valence-electron chi connectivity index (χ1n) is 19.1. The Bertz CT molecular complexity index is 2250. The molecule has 5 heterocycles. The number of hydrogen-bond donors (Lipinski definition) is 3. The largest absolute Gasteiger partial charge is 0.490 e. The van der Waals surface area contributed by atoms with Crippen LogP contribution in [0.4, 0.5) is 13.6 Å². The second-order valence-corrected chi connectivity index (χ2v) is 15.1. The van der Waals surface area contributed by atoms with Gasteiger partial charge in [-0.2, -0.15) is 8.78 Å². The smallest absolute Gasteiger partial charge is 0.408 e. The molecule has 2 bridgehead atoms. The summed E-state index contributed by atoms with van der Waals surface area (Å²) in [6.07, 6.45) is 3.78. The zero-order valence-corrected chi connectivity index (χ0v) is 33.4. The summed E-state index contributed by atoms with van der Waals surface area (Å²) in [4.78, 5) is 28.4. The number of benzene rings is 3. The average molecular weight is 854 g/mol. The number of amides is 1. The molecule has 16 heteroatoms. The lowest BCUT2D eigenvalue weighted by molar-refractivity contribution is -0.904. The van der Waals surface area contributed by atoms with Crippen molar-refractivity contribution in [3.05, 3.63) is 141 Å². The Balaban J connectivity index is 1.16. The molecule has 8 rings (SSSR count). The van der Waals surface area contributed by atoms with Gasteiger partial charge in [-0.3, -0.25) is 10.1 Å². The van der Waals surface area contributed by atoms with Gasteiger partial charge in [-0.15, -0.1) is 0 Å². The van der Waals surface area contributed by atoms with E-state index in [1.54, 1.807) is 25.1 Å². The van der Waals surface area contributed by atoms with Crippen LogP contribution in [0.15, 0.2) is 95.7 Å². The van der Waals surface area contributed by atoms with Crippen molar-refractivity contribution in [3.8, 4) is 17.2 Å². The molecule has 3 aliphatic rings. The van der Waals surface area contributed by atoms with Gasteiger partial charge in [0.15, 0.2) is 11.5 Å². The summed E-state index contributed by atoms with van der Waals surface area (Å²) in [5, 5.41) is 23.6. The summed E-state index contributed by atoms with van der Waals surface area (Å²) in [5.41, 5.74) is 2.57. The first kappa shape index (κ1) is 41.6. The molecule has 1 amide bonds. The number of carbonyl (C=O) groups is 2. The normalized spacial score (nSPS) is 18.2. The van der Waals surface area contributed by atoms with E-state index in [0.717, 1.165) is 43.6 Å². The van der Waals surface area contributed by atoms with Crippen LogP contribution in [0.1, 0.15) is 75.9 Å². The second-order valence-electron chi connectivity index (χ2n) is 14.3. The quantitative estimate of drug-likeness (QED) is 0.0652. The van der Waals surface area contributed by atoms with Gasteiger partial charge in [0.05, 0.1) is 12.6 Å². The van der Waals surface area contributed by atoms with E-state index in [4.69, 9.17) is 41.8 Å². The number of aromatic carboxylic acids is 1. The van der Waals surface area contributed by atoms with Gasteiger partial charge in [-0.25, -0.2) is 9.59 Å². The highest BCUT2D eigenvalue weighted by molar-refractivity contribution is 6.35. The number of halogens is 4. The molecule has 0 saturated carbocycles. The minimum Gasteiger partial charge on any atom is -0.490 e. The number of carbonyl (C=O) groups excluding carboxylic acids is 1. The highest BCUT2D eigenvalue weighted by Gasteiger charge is 2.37. The molecule has 3 atom stereocenters. The monoisotopic (exact) mass is 852 g/mol. The molecule has 5 aromatic rings. The summed E-state index contributed by atoms with van der Waals surface area (Å²) >= 11 is 13.0. The van der Waals surface area contributed by atoms with Crippen LogP contribution in [0.2, 0.25) is 10.0 Å². The highest BCUT2D eigenvalue weighted by atomic mass is 35.5. The van der Waals surface area contributed by atoms with E-state index >= 15 is 0 Å². The predicted octanol–water partition coefficient (Wildman–Crippen LogP) is 8.67. The minimum atomic E-state index is -3.12. The van der Waals surface area contributed by atoms with Crippen LogP contribution in [0, 0.1) is 5.92 Å². The average Bonchev–Trinajstić information content (AvgIpc) is 3.65. The van der Waals surface area contributed by atoms with Crippen LogP contribution in [0.3, 0.4) is 0 Å². The molecule has 3 aromatic carbocycles. The van der Waals surface area contributed by atoms with E-state index in [1.165, 1.54) is 36.7 Å². The fraction of sp³-hybridized carbons (Fsp3) is 0.326. The number of rotatable bonds is 16. The standard InChI is InChI=1S/C43H41Cl2F2N3O9/c1-2-55-37-18-27(11-12-36(37)58-42(46)47)31(20-33-34(44)21-50(54)22-35(33)45)32-19-30(57-40(32)41(51)52)24-56-29-10-6-9-28(17-29)39(26-7-4-3-5-8-26)48-43(53)59-38-23-49-15-13-25(38)14-16-49/h3-12,17-19,21-22,25,31,38-39,42H,2,13-16,20,23-24H2,1H3,(H2-,48,51,52,53,54)/p+1/t31-,38-,39-/m0/s1. The summed E-state index contributed by atoms with van der Waals surface area (Å²) in [7, 11) is 0. The van der Waals surface area contributed by atoms with Crippen LogP contribution in [0.25, 0.3) is 0 Å². The number of aromatic nitrogens is 1. The third kappa shape index (κ3) is 10.0. The number of nitrogens with one attached hydrogen (secondary N) is 1. The van der Waals surface area contributed by atoms with E-state index in [9.17, 15) is 28.7 Å². The lowest BCUT2D eigenvalue weighted by Gasteiger charge is -2.43. The first-order chi connectivity index (χ1) is 28.4. The Hall–Kier alpha value is -5.57. The van der Waals surface area contributed by atoms with Crippen LogP contribution in [0.5, 0.6) is 17.2 Å². The number of hydrogen-bond acceptors (Lipinski definition) is 9. The lowest BCUT2D eigenvalue weighted by Crippen LogP contribution is -2.52. The number of carboxylic acids is 1. The van der Waals surface area contributed by atoms with Gasteiger partial charge in [-0.05, 0) is 92.2 Å². The van der Waals surface area contributed by atoms with Crippen LogP contribution < -0.4 is 24.3 Å². The molecule has 2 aromatic heterocycles. The van der Waals surface area contributed by atoms with E-state index in [2.05, 4.69) is 15.0 Å². The van der Waals surface area contributed by atoms with Gasteiger partial charge in [0, 0.05) is 28.3 Å². The Morgan fingerprint density at radius 1 is 0.932 bits per heavy atom. The molecule has 3 N–H and O–H groups in total. The SMILES string of the molecule is CCOc1cc([C@H](Cc2c(Cl)c[n+](O)cc2Cl)c2cc(COc3cccc([C@@H](NC(=O)O[C@H]4CN5CCC4CC5)c4ccccc4)c3)oc2C(=O)O)ccc1OC(F)F. The molecular weight excluding hydrogens is 811 g/mol. The maximum absolute atomic E-state index is 13.4. The van der Waals surface area contributed by atoms with E-state index in [-0.39, 0.29) is 58.6 Å². The fourth-order valence-corrected chi connectivity index (χ4v) is 8.39. The number of fused-ring (bicyclic) bond motifs is 3. The molecule has 0 aliphatic carbocycles. The minimum absolute atomic E-state index is 0.00273. The summed E-state index contributed by atoms with van der Waals surface area (Å²) in [5.74, 6) is -1.90. The number of carboxylic acid groups (broad SMARTS) is 1. The Morgan fingerprint density at radius 3 is 2.32 bits per heavy atom. The van der Waals surface area contributed by atoms with Gasteiger partial charge >= 0.3 is 18.7 Å². The van der Waals surface area contributed by atoms with E-state index in [1.807, 2.05) is 36.4 Å². The van der Waals surface area contributed by atoms with Crippen LogP contribution >= 0.6 is 23.2 Å². The highest BCUT2D eigenvalue weighted by Crippen LogP contribution is 2.40. The maximum Gasteiger partial charge on any atom is 0.408 e. The molecule has 3 saturated heterocycles. The van der Waals surface area contributed by atoms with Crippen molar-refractivity contribution in [1.29, 1.82) is 0 Å². The zero-order valence-electron chi connectivity index (χ0n) is 31.9. The number of pyridine rings is 1. The molecule has 3 aliphatic heterocycles. The summed E-state index contributed by atoms with van der Waals surface area (Å²) in [6.45, 7) is 1.27. The maximum atomic E-state index is 13.4. The van der Waals surface area contributed by atoms with E-state index in [0.29, 0.717) is 27.5 Å². The van der Waals surface area contributed by atoms with Gasteiger partial charge in [0.1, 0.15) is 34.3 Å². The lowest BCUT2D eigenvalue weighted by atomic mass is 9.85. The predicted molar refractivity (Wildman–Crippen MR) is 211 cm³/mol. The topological polar surface area (TPSA) is 144 Å². The number of nitrogens with zero attached hydrogens (tertiary/aromatic N) is 2. The number of alkyl halides is 2. The van der Waals surface area contributed by atoms with Gasteiger partial charge in [0.25, 0.3) is 0 Å². The van der Waals surface area contributed by atoms with Crippen molar-refractivity contribution in [3.63, 3.8) is 0 Å². The molecular formula is C43H42Cl2F2N3O9+. The molecule has 0 radical (unpaired) electrons. The van der Waals surface area contributed by atoms with Crippen LogP contribution in [-0.4, -0.2) is 66.2 Å². The number of piperidine rings is 3. The van der Waals surface area contributed by atoms with Crippen molar-refractivity contribution in [1.82, 2.24) is 10.2 Å². The molecule has 59 heavy (non-hydrogen) atoms. The van der Waals surface area contributed by atoms with Gasteiger partial charge < -0.3 is 33.8 Å². The summed E-state index contributed by atoms with van der Waals surface area (Å²) in [6, 6.07) is 21.9. The second kappa shape index (κ2) is 18.6. The van der Waals surface area contributed by atoms with Crippen molar-refractivity contribution < 1.29 is 56.8 Å². The molecule has 310 valence electrons. The number of alkyl carbamates (subject to hydrolysis) is 1. The fourth-order valence-electron chi connectivity index (χ4n) is 7.78. The Morgan fingerprint density at radius 2 is 1.66 bits per heavy atom. The van der Waals surface area contributed by atoms with Gasteiger partial charge in [0.2, 0.25) is 18.2 Å². The third-order valence-electron chi connectivity index (χ3n) is 10.6. The number of furan rings is 1. The Kier molecular flexibility index (Phi) is 13.1. The van der Waals surface area contributed by atoms with Crippen molar-refractivity contribution in [2.24, 2.45) is 5.92 Å². The van der Waals surface area contributed by atoms with Crippen molar-refractivity contribution in [2.75, 3.05) is 26.2 Å². The zero-order chi connectivity index (χ0) is 41.6. The summed E-state index contributed by atoms with van der Waals surface area (Å²) < 4.78 is 55.5. The number of ether oxygens (including phenoxy) is 4. The molecule has 3 fully saturated rings. The van der Waals surface area contributed by atoms with Crippen molar-refractivity contribution >= 4 is 35.3 Å². The molecule has 12 nitrogen and oxygen atoms in total. The first-order valence-corrected chi connectivity index (χ1v) is 19.8. The Labute approximate surface area is 348 Å². The third-order valence-corrected chi connectivity index (χ3v) is 11.2. The molecule has 0 unspecified atom stereocenters. The van der Waals surface area contributed by atoms with E-state index < -0.39 is 36.4 Å². The molecule has 0 spiro atoms. The van der Waals surface area contributed by atoms with Crippen LogP contribution in [-0.2, 0) is 17.8 Å². The van der Waals surface area contributed by atoms with Gasteiger partial charge in [-0.1, -0.05) is 71.7 Å².